The first-order chi connectivity index (χ1) is 8.29. The fraction of sp³-hybridized carbons (Fsp3) is 0.714. The Morgan fingerprint density at radius 3 is 2.65 bits per heavy atom. The summed E-state index contributed by atoms with van der Waals surface area (Å²) in [6, 6.07) is 0.974. The number of hydrogen-bond acceptors (Lipinski definition) is 3. The summed E-state index contributed by atoms with van der Waals surface area (Å²) in [5.74, 6) is 0.958. The van der Waals surface area contributed by atoms with Crippen molar-refractivity contribution in [3.63, 3.8) is 0 Å². The third-order valence-electron chi connectivity index (χ3n) is 3.94. The minimum atomic E-state index is 0.312. The van der Waals surface area contributed by atoms with Gasteiger partial charge in [0.05, 0.1) is 5.69 Å². The molecule has 0 radical (unpaired) electrons. The molecule has 1 saturated carbocycles. The molecule has 3 heteroatoms. The van der Waals surface area contributed by atoms with Crippen LogP contribution in [0, 0.1) is 5.92 Å². The fourth-order valence-corrected chi connectivity index (χ4v) is 2.71. The van der Waals surface area contributed by atoms with Crippen LogP contribution in [-0.2, 0) is 0 Å². The lowest BCUT2D eigenvalue weighted by molar-refractivity contribution is 0.272. The van der Waals surface area contributed by atoms with E-state index in [9.17, 15) is 0 Å². The molecule has 1 heterocycles. The Hall–Kier alpha value is -0.960. The van der Waals surface area contributed by atoms with E-state index < -0.39 is 0 Å². The van der Waals surface area contributed by atoms with E-state index >= 15 is 0 Å². The summed E-state index contributed by atoms with van der Waals surface area (Å²) >= 11 is 0. The van der Waals surface area contributed by atoms with Gasteiger partial charge >= 0.3 is 0 Å². The average molecular weight is 233 g/mol. The van der Waals surface area contributed by atoms with Crippen LogP contribution in [0.1, 0.15) is 57.7 Å². The van der Waals surface area contributed by atoms with Crippen LogP contribution < -0.4 is 5.32 Å². The summed E-state index contributed by atoms with van der Waals surface area (Å²) in [5, 5.41) is 3.68. The zero-order chi connectivity index (χ0) is 12.1. The lowest BCUT2D eigenvalue weighted by atomic mass is 9.84. The molecule has 0 saturated heterocycles. The average Bonchev–Trinajstić information content (AvgIpc) is 2.40. The van der Waals surface area contributed by atoms with Gasteiger partial charge in [0.25, 0.3) is 0 Å². The van der Waals surface area contributed by atoms with E-state index in [1.807, 2.05) is 6.20 Å². The Morgan fingerprint density at radius 2 is 2.06 bits per heavy atom. The molecule has 1 aromatic heterocycles. The summed E-state index contributed by atoms with van der Waals surface area (Å²) in [5.41, 5.74) is 1.05. The van der Waals surface area contributed by atoms with Crippen molar-refractivity contribution in [3.8, 4) is 0 Å². The largest absolute Gasteiger partial charge is 0.306 e. The molecule has 0 spiro atoms. The number of rotatable bonds is 4. The van der Waals surface area contributed by atoms with Gasteiger partial charge in [0.15, 0.2) is 0 Å². The third-order valence-corrected chi connectivity index (χ3v) is 3.94. The maximum Gasteiger partial charge on any atom is 0.0753 e. The predicted molar refractivity (Wildman–Crippen MR) is 69.6 cm³/mol. The van der Waals surface area contributed by atoms with E-state index in [1.165, 1.54) is 32.1 Å². The van der Waals surface area contributed by atoms with Gasteiger partial charge in [-0.2, -0.15) is 0 Å². The number of nitrogens with zero attached hydrogens (tertiary/aromatic N) is 2. The van der Waals surface area contributed by atoms with E-state index in [4.69, 9.17) is 0 Å². The van der Waals surface area contributed by atoms with Crippen molar-refractivity contribution in [3.05, 3.63) is 24.3 Å². The molecule has 2 rings (SSSR count). The highest BCUT2D eigenvalue weighted by atomic mass is 15.0. The molecule has 1 N–H and O–H groups in total. The molecule has 94 valence electrons. The lowest BCUT2D eigenvalue weighted by Gasteiger charge is -2.30. The maximum atomic E-state index is 4.35. The smallest absolute Gasteiger partial charge is 0.0753 e. The molecule has 1 aliphatic rings. The molecule has 0 aromatic carbocycles. The highest BCUT2D eigenvalue weighted by Gasteiger charge is 2.21. The van der Waals surface area contributed by atoms with Gasteiger partial charge in [-0.05, 0) is 38.5 Å². The molecule has 1 unspecified atom stereocenters. The molecule has 1 fully saturated rings. The van der Waals surface area contributed by atoms with Gasteiger partial charge in [-0.15, -0.1) is 0 Å². The molecule has 0 bridgehead atoms. The summed E-state index contributed by atoms with van der Waals surface area (Å²) in [7, 11) is 0. The van der Waals surface area contributed by atoms with Crippen LogP contribution in [-0.4, -0.2) is 16.0 Å². The maximum absolute atomic E-state index is 4.35. The molecular weight excluding hydrogens is 210 g/mol. The second-order valence-corrected chi connectivity index (χ2v) is 5.14. The van der Waals surface area contributed by atoms with Gasteiger partial charge in [-0.3, -0.25) is 9.97 Å². The predicted octanol–water partition coefficient (Wildman–Crippen LogP) is 3.10. The first-order valence-corrected chi connectivity index (χ1v) is 6.81. The molecule has 1 aromatic rings. The van der Waals surface area contributed by atoms with Crippen molar-refractivity contribution in [1.82, 2.24) is 15.3 Å². The van der Waals surface area contributed by atoms with Crippen molar-refractivity contribution in [2.45, 2.75) is 58.0 Å². The molecule has 0 amide bonds. The van der Waals surface area contributed by atoms with E-state index in [2.05, 4.69) is 29.1 Å². The highest BCUT2D eigenvalue weighted by Crippen LogP contribution is 2.27. The summed E-state index contributed by atoms with van der Waals surface area (Å²) < 4.78 is 0. The minimum Gasteiger partial charge on any atom is -0.306 e. The summed E-state index contributed by atoms with van der Waals surface area (Å²) in [4.78, 5) is 8.47. The second-order valence-electron chi connectivity index (χ2n) is 5.14. The first-order valence-electron chi connectivity index (χ1n) is 6.81. The van der Waals surface area contributed by atoms with Crippen molar-refractivity contribution in [2.75, 3.05) is 0 Å². The molecule has 0 aliphatic heterocycles. The van der Waals surface area contributed by atoms with E-state index in [1.54, 1.807) is 12.4 Å². The van der Waals surface area contributed by atoms with E-state index in [0.29, 0.717) is 12.1 Å². The number of aromatic nitrogens is 2. The Balaban J connectivity index is 1.82. The van der Waals surface area contributed by atoms with Crippen molar-refractivity contribution < 1.29 is 0 Å². The van der Waals surface area contributed by atoms with E-state index in [-0.39, 0.29) is 0 Å². The first kappa shape index (κ1) is 12.5. The number of nitrogens with one attached hydrogen (secondary N) is 1. The molecule has 3 nitrogen and oxygen atoms in total. The zero-order valence-corrected chi connectivity index (χ0v) is 10.9. The van der Waals surface area contributed by atoms with Crippen LogP contribution in [0.15, 0.2) is 18.6 Å². The normalized spacial score (nSPS) is 26.7. The van der Waals surface area contributed by atoms with Gasteiger partial charge in [0, 0.05) is 30.7 Å². The van der Waals surface area contributed by atoms with Gasteiger partial charge in [0.1, 0.15) is 0 Å². The third kappa shape index (κ3) is 3.50. The van der Waals surface area contributed by atoms with Crippen LogP contribution in [0.3, 0.4) is 0 Å². The van der Waals surface area contributed by atoms with Gasteiger partial charge in [-0.25, -0.2) is 0 Å². The summed E-state index contributed by atoms with van der Waals surface area (Å²) in [6.07, 6.45) is 12.1. The van der Waals surface area contributed by atoms with Crippen LogP contribution in [0.4, 0.5) is 0 Å². The number of hydrogen-bond donors (Lipinski definition) is 1. The monoisotopic (exact) mass is 233 g/mol. The Labute approximate surface area is 104 Å². The van der Waals surface area contributed by atoms with Crippen LogP contribution in [0.2, 0.25) is 0 Å². The van der Waals surface area contributed by atoms with Crippen LogP contribution in [0.25, 0.3) is 0 Å². The lowest BCUT2D eigenvalue weighted by Crippen LogP contribution is -2.35. The topological polar surface area (TPSA) is 37.8 Å². The van der Waals surface area contributed by atoms with Crippen molar-refractivity contribution >= 4 is 0 Å². The second kappa shape index (κ2) is 6.10. The summed E-state index contributed by atoms with van der Waals surface area (Å²) in [6.45, 7) is 4.48. The Morgan fingerprint density at radius 1 is 1.29 bits per heavy atom. The van der Waals surface area contributed by atoms with E-state index in [0.717, 1.165) is 11.6 Å². The van der Waals surface area contributed by atoms with Crippen molar-refractivity contribution in [1.29, 1.82) is 0 Å². The molecule has 1 atom stereocenters. The fourth-order valence-electron chi connectivity index (χ4n) is 2.71. The molecule has 1 aliphatic carbocycles. The van der Waals surface area contributed by atoms with Gasteiger partial charge < -0.3 is 5.32 Å². The SMILES string of the molecule is CCC1CCC(NC(C)c2cnccn2)CC1. The van der Waals surface area contributed by atoms with Gasteiger partial charge in [-0.1, -0.05) is 13.3 Å². The van der Waals surface area contributed by atoms with Gasteiger partial charge in [0.2, 0.25) is 0 Å². The highest BCUT2D eigenvalue weighted by molar-refractivity contribution is 5.01. The Kier molecular flexibility index (Phi) is 4.49. The quantitative estimate of drug-likeness (QED) is 0.868. The Bertz CT molecular complexity index is 317. The minimum absolute atomic E-state index is 0.312. The molecular formula is C14H23N3. The molecule has 17 heavy (non-hydrogen) atoms. The van der Waals surface area contributed by atoms with Crippen molar-refractivity contribution in [2.24, 2.45) is 5.92 Å². The van der Waals surface area contributed by atoms with Crippen LogP contribution >= 0.6 is 0 Å². The zero-order valence-electron chi connectivity index (χ0n) is 10.9. The van der Waals surface area contributed by atoms with Crippen LogP contribution in [0.5, 0.6) is 0 Å². The standard InChI is InChI=1S/C14H23N3/c1-3-12-4-6-13(7-5-12)17-11(2)14-10-15-8-9-16-14/h8-13,17H,3-7H2,1-2H3.